The van der Waals surface area contributed by atoms with Crippen molar-refractivity contribution in [2.75, 3.05) is 13.7 Å². The number of carboxylic acids is 1. The summed E-state index contributed by atoms with van der Waals surface area (Å²) in [5, 5.41) is 9.71. The Kier molecular flexibility index (Phi) is 4.19. The number of aliphatic carboxylic acids is 1. The number of benzene rings is 1. The highest BCUT2D eigenvalue weighted by molar-refractivity contribution is 7.89. The number of carbonyl (C=O) groups is 1. The molecule has 1 fully saturated rings. The lowest BCUT2D eigenvalue weighted by Crippen LogP contribution is -2.50. The quantitative estimate of drug-likeness (QED) is 0.910. The first kappa shape index (κ1) is 16.1. The topological polar surface area (TPSA) is 83.9 Å². The van der Waals surface area contributed by atoms with Crippen molar-refractivity contribution < 1.29 is 23.1 Å². The molecule has 1 aliphatic heterocycles. The second-order valence-corrected chi connectivity index (χ2v) is 7.32. The van der Waals surface area contributed by atoms with Crippen LogP contribution in [-0.4, -0.2) is 43.0 Å². The van der Waals surface area contributed by atoms with E-state index in [0.717, 1.165) is 4.31 Å². The number of nitrogens with zero attached hydrogens (tertiary/aromatic N) is 1. The molecule has 1 aromatic carbocycles. The average molecular weight is 334 g/mol. The zero-order chi connectivity index (χ0) is 15.8. The van der Waals surface area contributed by atoms with E-state index in [-0.39, 0.29) is 23.6 Å². The van der Waals surface area contributed by atoms with E-state index in [0.29, 0.717) is 11.4 Å². The van der Waals surface area contributed by atoms with Gasteiger partial charge in [-0.15, -0.1) is 0 Å². The summed E-state index contributed by atoms with van der Waals surface area (Å²) in [4.78, 5) is 11.4. The van der Waals surface area contributed by atoms with E-state index in [4.69, 9.17) is 16.3 Å². The molecular weight excluding hydrogens is 318 g/mol. The van der Waals surface area contributed by atoms with E-state index in [1.54, 1.807) is 0 Å². The summed E-state index contributed by atoms with van der Waals surface area (Å²) in [6.45, 7) is 1.58. The summed E-state index contributed by atoms with van der Waals surface area (Å²) in [5.41, 5.74) is -1.44. The molecule has 8 heteroatoms. The number of sulfonamides is 1. The van der Waals surface area contributed by atoms with Crippen molar-refractivity contribution in [1.29, 1.82) is 0 Å². The van der Waals surface area contributed by atoms with Crippen LogP contribution >= 0.6 is 11.6 Å². The van der Waals surface area contributed by atoms with Crippen LogP contribution < -0.4 is 4.74 Å². The Morgan fingerprint density at radius 2 is 2.14 bits per heavy atom. The fourth-order valence-electron chi connectivity index (χ4n) is 2.51. The minimum Gasteiger partial charge on any atom is -0.495 e. The van der Waals surface area contributed by atoms with Gasteiger partial charge in [-0.2, -0.15) is 4.31 Å². The number of hydrogen-bond acceptors (Lipinski definition) is 4. The molecule has 0 aromatic heterocycles. The first-order valence-electron chi connectivity index (χ1n) is 6.33. The van der Waals surface area contributed by atoms with Gasteiger partial charge in [-0.05, 0) is 31.9 Å². The zero-order valence-corrected chi connectivity index (χ0v) is 13.2. The van der Waals surface area contributed by atoms with Crippen molar-refractivity contribution in [2.45, 2.75) is 30.2 Å². The van der Waals surface area contributed by atoms with Crippen LogP contribution in [0.1, 0.15) is 19.8 Å². The van der Waals surface area contributed by atoms with Gasteiger partial charge in [0.1, 0.15) is 16.2 Å². The van der Waals surface area contributed by atoms with Crippen LogP contribution in [0.15, 0.2) is 23.1 Å². The fraction of sp³-hybridized carbons (Fsp3) is 0.462. The molecule has 1 aromatic rings. The van der Waals surface area contributed by atoms with Crippen molar-refractivity contribution in [3.8, 4) is 5.75 Å². The molecule has 2 rings (SSSR count). The lowest BCUT2D eigenvalue weighted by atomic mass is 10.0. The lowest BCUT2D eigenvalue weighted by Gasteiger charge is -2.30. The van der Waals surface area contributed by atoms with Gasteiger partial charge in [0.2, 0.25) is 10.0 Å². The van der Waals surface area contributed by atoms with Gasteiger partial charge in [-0.1, -0.05) is 11.6 Å². The Labute approximate surface area is 128 Å². The van der Waals surface area contributed by atoms with Crippen molar-refractivity contribution in [2.24, 2.45) is 0 Å². The number of halogens is 1. The van der Waals surface area contributed by atoms with E-state index < -0.39 is 21.5 Å². The molecule has 0 radical (unpaired) electrons. The summed E-state index contributed by atoms with van der Waals surface area (Å²) in [7, 11) is -2.64. The van der Waals surface area contributed by atoms with Gasteiger partial charge in [0.25, 0.3) is 0 Å². The predicted molar refractivity (Wildman–Crippen MR) is 77.2 cm³/mol. The molecule has 0 bridgehead atoms. The second kappa shape index (κ2) is 5.47. The zero-order valence-electron chi connectivity index (χ0n) is 11.7. The monoisotopic (exact) mass is 333 g/mol. The number of carboxylic acid groups (broad SMARTS) is 1. The molecule has 21 heavy (non-hydrogen) atoms. The molecule has 116 valence electrons. The van der Waals surface area contributed by atoms with E-state index in [1.807, 2.05) is 0 Å². The average Bonchev–Trinajstić information content (AvgIpc) is 2.82. The third-order valence-corrected chi connectivity index (χ3v) is 6.02. The van der Waals surface area contributed by atoms with Crippen LogP contribution in [0.4, 0.5) is 0 Å². The molecule has 1 N–H and O–H groups in total. The molecule has 0 amide bonds. The largest absolute Gasteiger partial charge is 0.495 e. The molecule has 1 unspecified atom stereocenters. The Morgan fingerprint density at radius 3 is 2.71 bits per heavy atom. The number of rotatable bonds is 4. The van der Waals surface area contributed by atoms with Crippen LogP contribution in [0.25, 0.3) is 0 Å². The van der Waals surface area contributed by atoms with Crippen LogP contribution in [0.2, 0.25) is 5.02 Å². The summed E-state index contributed by atoms with van der Waals surface area (Å²) >= 11 is 5.83. The molecule has 1 aliphatic rings. The maximum Gasteiger partial charge on any atom is 0.324 e. The van der Waals surface area contributed by atoms with Crippen LogP contribution in [0.5, 0.6) is 5.75 Å². The maximum atomic E-state index is 12.8. The summed E-state index contributed by atoms with van der Waals surface area (Å²) < 4.78 is 31.7. The highest BCUT2D eigenvalue weighted by Crippen LogP contribution is 2.38. The standard InChI is InChI=1S/C13H16ClNO5S/c1-13(12(16)17)6-3-7-15(13)21(18,19)11-5-4-9(14)8-10(11)20-2/h4-5,8H,3,6-7H2,1-2H3,(H,16,17). The molecule has 1 saturated heterocycles. The Balaban J connectivity index is 2.55. The minimum atomic E-state index is -3.98. The molecule has 1 atom stereocenters. The number of hydrogen-bond donors (Lipinski definition) is 1. The van der Waals surface area contributed by atoms with Crippen molar-refractivity contribution in [3.05, 3.63) is 23.2 Å². The highest BCUT2D eigenvalue weighted by Gasteiger charge is 2.50. The van der Waals surface area contributed by atoms with Gasteiger partial charge in [0.05, 0.1) is 7.11 Å². The van der Waals surface area contributed by atoms with Gasteiger partial charge in [0, 0.05) is 17.6 Å². The predicted octanol–water partition coefficient (Wildman–Crippen LogP) is 1.98. The molecule has 6 nitrogen and oxygen atoms in total. The smallest absolute Gasteiger partial charge is 0.324 e. The van der Waals surface area contributed by atoms with E-state index in [1.165, 1.54) is 32.2 Å². The lowest BCUT2D eigenvalue weighted by molar-refractivity contribution is -0.146. The summed E-state index contributed by atoms with van der Waals surface area (Å²) in [6.07, 6.45) is 0.773. The van der Waals surface area contributed by atoms with E-state index >= 15 is 0 Å². The van der Waals surface area contributed by atoms with Gasteiger partial charge in [-0.3, -0.25) is 4.79 Å². The highest BCUT2D eigenvalue weighted by atomic mass is 35.5. The van der Waals surface area contributed by atoms with Gasteiger partial charge < -0.3 is 9.84 Å². The summed E-state index contributed by atoms with van der Waals surface area (Å²) in [5.74, 6) is -1.06. The van der Waals surface area contributed by atoms with Crippen molar-refractivity contribution in [3.63, 3.8) is 0 Å². The Bertz CT molecular complexity index is 675. The van der Waals surface area contributed by atoms with Gasteiger partial charge in [0.15, 0.2) is 0 Å². The van der Waals surface area contributed by atoms with Crippen LogP contribution in [-0.2, 0) is 14.8 Å². The first-order chi connectivity index (χ1) is 9.73. The van der Waals surface area contributed by atoms with E-state index in [2.05, 4.69) is 0 Å². The number of methoxy groups -OCH3 is 1. The Hall–Kier alpha value is -1.31. The van der Waals surface area contributed by atoms with Crippen LogP contribution in [0, 0.1) is 0 Å². The first-order valence-corrected chi connectivity index (χ1v) is 8.15. The van der Waals surface area contributed by atoms with Crippen LogP contribution in [0.3, 0.4) is 0 Å². The fourth-order valence-corrected chi connectivity index (χ4v) is 4.62. The summed E-state index contributed by atoms with van der Waals surface area (Å²) in [6, 6.07) is 4.16. The molecule has 0 aliphatic carbocycles. The normalized spacial score (nSPS) is 23.2. The Morgan fingerprint density at radius 1 is 1.48 bits per heavy atom. The van der Waals surface area contributed by atoms with Gasteiger partial charge >= 0.3 is 5.97 Å². The minimum absolute atomic E-state index is 0.0798. The molecular formula is C13H16ClNO5S. The van der Waals surface area contributed by atoms with Crippen molar-refractivity contribution in [1.82, 2.24) is 4.31 Å². The third kappa shape index (κ3) is 2.61. The maximum absolute atomic E-state index is 12.8. The SMILES string of the molecule is COc1cc(Cl)ccc1S(=O)(=O)N1CCCC1(C)C(=O)O. The van der Waals surface area contributed by atoms with Crippen molar-refractivity contribution >= 4 is 27.6 Å². The number of ether oxygens (including phenoxy) is 1. The van der Waals surface area contributed by atoms with Gasteiger partial charge in [-0.25, -0.2) is 8.42 Å². The second-order valence-electron chi connectivity index (χ2n) is 5.05. The molecule has 0 saturated carbocycles. The third-order valence-electron chi connectivity index (χ3n) is 3.73. The van der Waals surface area contributed by atoms with E-state index in [9.17, 15) is 18.3 Å². The molecule has 1 heterocycles. The molecule has 0 spiro atoms.